The molecule has 1 saturated heterocycles. The van der Waals surface area contributed by atoms with Crippen LogP contribution in [0.1, 0.15) is 12.5 Å². The molecule has 0 bridgehead atoms. The first-order valence-electron chi connectivity index (χ1n) is 6.58. The van der Waals surface area contributed by atoms with E-state index in [0.29, 0.717) is 11.6 Å². The van der Waals surface area contributed by atoms with E-state index in [4.69, 9.17) is 10.00 Å². The van der Waals surface area contributed by atoms with Crippen LogP contribution in [0.3, 0.4) is 0 Å². The summed E-state index contributed by atoms with van der Waals surface area (Å²) >= 11 is 0. The third-order valence-electron chi connectivity index (χ3n) is 3.55. The van der Waals surface area contributed by atoms with Gasteiger partial charge in [0.25, 0.3) is 0 Å². The van der Waals surface area contributed by atoms with Gasteiger partial charge < -0.3 is 9.64 Å². The smallest absolute Gasteiger partial charge is 0.128 e. The first-order valence-corrected chi connectivity index (χ1v) is 6.58. The molecule has 0 radical (unpaired) electrons. The van der Waals surface area contributed by atoms with Crippen molar-refractivity contribution in [3.8, 4) is 6.07 Å². The van der Waals surface area contributed by atoms with Gasteiger partial charge in [0.1, 0.15) is 11.9 Å². The average molecular weight is 260 g/mol. The third kappa shape index (κ3) is 3.43. The molecule has 1 aromatic heterocycles. The molecule has 2 rings (SSSR count). The van der Waals surface area contributed by atoms with Crippen LogP contribution in [0.15, 0.2) is 18.3 Å². The van der Waals surface area contributed by atoms with Crippen molar-refractivity contribution in [2.24, 2.45) is 0 Å². The van der Waals surface area contributed by atoms with E-state index in [1.54, 1.807) is 13.3 Å². The highest BCUT2D eigenvalue weighted by Gasteiger charge is 2.23. The number of aromatic nitrogens is 1. The number of methoxy groups -OCH3 is 1. The monoisotopic (exact) mass is 260 g/mol. The molecule has 1 fully saturated rings. The third-order valence-corrected chi connectivity index (χ3v) is 3.55. The van der Waals surface area contributed by atoms with Gasteiger partial charge in [0.2, 0.25) is 0 Å². The molecule has 1 aliphatic heterocycles. The number of piperazine rings is 1. The van der Waals surface area contributed by atoms with Crippen LogP contribution in [0.5, 0.6) is 0 Å². The Labute approximate surface area is 114 Å². The predicted molar refractivity (Wildman–Crippen MR) is 74.1 cm³/mol. The molecule has 1 atom stereocenters. The Bertz CT molecular complexity index is 440. The lowest BCUT2D eigenvalue weighted by Crippen LogP contribution is -2.52. The Morgan fingerprint density at radius 3 is 2.89 bits per heavy atom. The van der Waals surface area contributed by atoms with Crippen LogP contribution in [0.4, 0.5) is 5.82 Å². The van der Waals surface area contributed by atoms with Crippen molar-refractivity contribution in [3.05, 3.63) is 23.9 Å². The van der Waals surface area contributed by atoms with Crippen molar-refractivity contribution in [2.75, 3.05) is 44.8 Å². The zero-order chi connectivity index (χ0) is 13.7. The molecule has 0 N–H and O–H groups in total. The summed E-state index contributed by atoms with van der Waals surface area (Å²) in [5.41, 5.74) is 0.607. The molecule has 0 saturated carbocycles. The molecule has 0 aliphatic carbocycles. The number of rotatable bonds is 4. The van der Waals surface area contributed by atoms with Gasteiger partial charge in [-0.3, -0.25) is 4.90 Å². The molecule has 5 nitrogen and oxygen atoms in total. The number of hydrogen-bond acceptors (Lipinski definition) is 5. The normalized spacial score (nSPS) is 20.3. The highest BCUT2D eigenvalue weighted by Crippen LogP contribution is 2.16. The summed E-state index contributed by atoms with van der Waals surface area (Å²) in [6.07, 6.45) is 1.64. The van der Waals surface area contributed by atoms with E-state index in [9.17, 15) is 0 Å². The summed E-state index contributed by atoms with van der Waals surface area (Å²) in [4.78, 5) is 9.06. The fourth-order valence-electron chi connectivity index (χ4n) is 2.38. The summed E-state index contributed by atoms with van der Waals surface area (Å²) in [6.45, 7) is 6.93. The van der Waals surface area contributed by atoms with Crippen LogP contribution < -0.4 is 4.90 Å². The summed E-state index contributed by atoms with van der Waals surface area (Å²) < 4.78 is 5.13. The van der Waals surface area contributed by atoms with Gasteiger partial charge in [-0.25, -0.2) is 4.98 Å². The quantitative estimate of drug-likeness (QED) is 0.811. The fourth-order valence-corrected chi connectivity index (χ4v) is 2.38. The van der Waals surface area contributed by atoms with Crippen LogP contribution in [-0.2, 0) is 4.74 Å². The largest absolute Gasteiger partial charge is 0.383 e. The molecule has 0 aromatic carbocycles. The molecule has 0 spiro atoms. The number of nitrogens with zero attached hydrogens (tertiary/aromatic N) is 4. The van der Waals surface area contributed by atoms with E-state index >= 15 is 0 Å². The summed E-state index contributed by atoms with van der Waals surface area (Å²) in [5.74, 6) is 0.956. The van der Waals surface area contributed by atoms with Crippen LogP contribution in [-0.4, -0.2) is 55.8 Å². The Kier molecular flexibility index (Phi) is 4.72. The molecule has 0 amide bonds. The SMILES string of the molecule is COCCN1CCN(c2ccc(C#N)cn2)C[C@H]1C. The topological polar surface area (TPSA) is 52.4 Å². The van der Waals surface area contributed by atoms with Gasteiger partial charge in [-0.15, -0.1) is 0 Å². The van der Waals surface area contributed by atoms with Crippen molar-refractivity contribution in [3.63, 3.8) is 0 Å². The van der Waals surface area contributed by atoms with Crippen molar-refractivity contribution >= 4 is 5.82 Å². The minimum atomic E-state index is 0.487. The van der Waals surface area contributed by atoms with E-state index < -0.39 is 0 Å². The standard InChI is InChI=1S/C14H20N4O/c1-12-11-18(6-5-17(12)7-8-19-2)14-4-3-13(9-15)10-16-14/h3-4,10,12H,5-8,11H2,1-2H3/t12-/m1/s1. The lowest BCUT2D eigenvalue weighted by atomic mass is 10.2. The minimum Gasteiger partial charge on any atom is -0.383 e. The van der Waals surface area contributed by atoms with E-state index in [-0.39, 0.29) is 0 Å². The van der Waals surface area contributed by atoms with Crippen molar-refractivity contribution < 1.29 is 4.74 Å². The fraction of sp³-hybridized carbons (Fsp3) is 0.571. The first-order chi connectivity index (χ1) is 9.24. The molecular weight excluding hydrogens is 240 g/mol. The molecule has 102 valence electrons. The van der Waals surface area contributed by atoms with Crippen molar-refractivity contribution in [1.29, 1.82) is 5.26 Å². The van der Waals surface area contributed by atoms with Gasteiger partial charge in [-0.05, 0) is 19.1 Å². The summed E-state index contributed by atoms with van der Waals surface area (Å²) in [5, 5.41) is 8.78. The Morgan fingerprint density at radius 1 is 1.47 bits per heavy atom. The average Bonchev–Trinajstić information content (AvgIpc) is 2.46. The Hall–Kier alpha value is -1.64. The van der Waals surface area contributed by atoms with Crippen LogP contribution in [0.25, 0.3) is 0 Å². The number of ether oxygens (including phenoxy) is 1. The number of anilines is 1. The predicted octanol–water partition coefficient (Wildman–Crippen LogP) is 1.11. The maximum atomic E-state index is 8.78. The van der Waals surface area contributed by atoms with Gasteiger partial charge >= 0.3 is 0 Å². The number of hydrogen-bond donors (Lipinski definition) is 0. The molecule has 1 aromatic rings. The Morgan fingerprint density at radius 2 is 2.32 bits per heavy atom. The maximum Gasteiger partial charge on any atom is 0.128 e. The second-order valence-electron chi connectivity index (χ2n) is 4.84. The van der Waals surface area contributed by atoms with Gasteiger partial charge in [-0.2, -0.15) is 5.26 Å². The Balaban J connectivity index is 1.95. The second kappa shape index (κ2) is 6.50. The van der Waals surface area contributed by atoms with Crippen molar-refractivity contribution in [1.82, 2.24) is 9.88 Å². The highest BCUT2D eigenvalue weighted by molar-refractivity contribution is 5.42. The summed E-state index contributed by atoms with van der Waals surface area (Å²) in [7, 11) is 1.74. The molecule has 2 heterocycles. The zero-order valence-corrected chi connectivity index (χ0v) is 11.5. The lowest BCUT2D eigenvalue weighted by molar-refractivity contribution is 0.117. The number of nitriles is 1. The van der Waals surface area contributed by atoms with E-state index in [1.165, 1.54) is 0 Å². The van der Waals surface area contributed by atoms with Crippen LogP contribution in [0.2, 0.25) is 0 Å². The second-order valence-corrected chi connectivity index (χ2v) is 4.84. The van der Waals surface area contributed by atoms with Crippen LogP contribution >= 0.6 is 0 Å². The van der Waals surface area contributed by atoms with Crippen molar-refractivity contribution in [2.45, 2.75) is 13.0 Å². The van der Waals surface area contributed by atoms with Gasteiger partial charge in [-0.1, -0.05) is 0 Å². The number of pyridine rings is 1. The highest BCUT2D eigenvalue weighted by atomic mass is 16.5. The van der Waals surface area contributed by atoms with Gasteiger partial charge in [0.05, 0.1) is 12.2 Å². The van der Waals surface area contributed by atoms with Crippen LogP contribution in [0, 0.1) is 11.3 Å². The molecule has 19 heavy (non-hydrogen) atoms. The minimum absolute atomic E-state index is 0.487. The lowest BCUT2D eigenvalue weighted by Gasteiger charge is -2.40. The van der Waals surface area contributed by atoms with E-state index in [2.05, 4.69) is 27.8 Å². The van der Waals surface area contributed by atoms with E-state index in [0.717, 1.165) is 38.6 Å². The maximum absolute atomic E-state index is 8.78. The zero-order valence-electron chi connectivity index (χ0n) is 11.5. The van der Waals surface area contributed by atoms with Gasteiger partial charge in [0.15, 0.2) is 0 Å². The first kappa shape index (κ1) is 13.8. The molecule has 5 heteroatoms. The van der Waals surface area contributed by atoms with E-state index in [1.807, 2.05) is 12.1 Å². The van der Waals surface area contributed by atoms with Gasteiger partial charge in [0, 0.05) is 45.5 Å². The summed E-state index contributed by atoms with van der Waals surface area (Å²) in [6, 6.07) is 6.33. The molecule has 1 aliphatic rings. The molecule has 0 unspecified atom stereocenters. The molecular formula is C14H20N4O.